The second-order valence-electron chi connectivity index (χ2n) is 2.30. The SMILES string of the molecule is [N-]=[N+]=N[C@H]1COCC[C@H]1N. The van der Waals surface area contributed by atoms with Gasteiger partial charge in [0.1, 0.15) is 0 Å². The highest BCUT2D eigenvalue weighted by atomic mass is 16.5. The van der Waals surface area contributed by atoms with E-state index in [-0.39, 0.29) is 12.1 Å². The Kier molecular flexibility index (Phi) is 2.50. The second kappa shape index (κ2) is 3.41. The first-order chi connectivity index (χ1) is 4.84. The lowest BCUT2D eigenvalue weighted by Gasteiger charge is -2.24. The second-order valence-corrected chi connectivity index (χ2v) is 2.30. The maximum absolute atomic E-state index is 8.08. The van der Waals surface area contributed by atoms with Gasteiger partial charge < -0.3 is 10.5 Å². The van der Waals surface area contributed by atoms with E-state index in [2.05, 4.69) is 10.0 Å². The molecule has 0 bridgehead atoms. The molecule has 0 aromatic rings. The Bertz CT molecular complexity index is 154. The van der Waals surface area contributed by atoms with Gasteiger partial charge in [-0.25, -0.2) is 0 Å². The lowest BCUT2D eigenvalue weighted by molar-refractivity contribution is 0.0712. The van der Waals surface area contributed by atoms with Crippen molar-refractivity contribution >= 4 is 0 Å². The summed E-state index contributed by atoms with van der Waals surface area (Å²) >= 11 is 0. The highest BCUT2D eigenvalue weighted by Crippen LogP contribution is 2.08. The zero-order chi connectivity index (χ0) is 7.40. The molecule has 1 aliphatic rings. The molecule has 2 N–H and O–H groups in total. The topological polar surface area (TPSA) is 84.0 Å². The van der Waals surface area contributed by atoms with Gasteiger partial charge in [0.2, 0.25) is 0 Å². The van der Waals surface area contributed by atoms with E-state index in [1.165, 1.54) is 0 Å². The molecule has 0 amide bonds. The van der Waals surface area contributed by atoms with Crippen molar-refractivity contribution in [1.82, 2.24) is 0 Å². The minimum Gasteiger partial charge on any atom is -0.381 e. The summed E-state index contributed by atoms with van der Waals surface area (Å²) in [7, 11) is 0. The monoisotopic (exact) mass is 142 g/mol. The van der Waals surface area contributed by atoms with Gasteiger partial charge in [-0.2, -0.15) is 0 Å². The molecular weight excluding hydrogens is 132 g/mol. The molecule has 56 valence electrons. The van der Waals surface area contributed by atoms with E-state index in [1.54, 1.807) is 0 Å². The summed E-state index contributed by atoms with van der Waals surface area (Å²) in [6.45, 7) is 1.14. The van der Waals surface area contributed by atoms with Crippen molar-refractivity contribution in [3.63, 3.8) is 0 Å². The predicted molar refractivity (Wildman–Crippen MR) is 36.3 cm³/mol. The number of hydrogen-bond acceptors (Lipinski definition) is 3. The Morgan fingerprint density at radius 3 is 3.10 bits per heavy atom. The molecule has 0 saturated carbocycles. The lowest BCUT2D eigenvalue weighted by atomic mass is 10.1. The Labute approximate surface area is 58.8 Å². The predicted octanol–water partition coefficient (Wildman–Crippen LogP) is 0.413. The Morgan fingerprint density at radius 1 is 1.70 bits per heavy atom. The minimum atomic E-state index is -0.168. The molecule has 2 atom stereocenters. The largest absolute Gasteiger partial charge is 0.381 e. The molecule has 1 rings (SSSR count). The van der Waals surface area contributed by atoms with Crippen LogP contribution in [-0.4, -0.2) is 25.3 Å². The van der Waals surface area contributed by atoms with Crippen LogP contribution < -0.4 is 5.73 Å². The van der Waals surface area contributed by atoms with Crippen LogP contribution in [0.1, 0.15) is 6.42 Å². The maximum atomic E-state index is 8.08. The van der Waals surface area contributed by atoms with Gasteiger partial charge in [-0.3, -0.25) is 0 Å². The number of rotatable bonds is 1. The van der Waals surface area contributed by atoms with Crippen molar-refractivity contribution in [2.24, 2.45) is 10.8 Å². The molecular formula is C5H10N4O. The first-order valence-corrected chi connectivity index (χ1v) is 3.22. The molecule has 5 nitrogen and oxygen atoms in total. The summed E-state index contributed by atoms with van der Waals surface area (Å²) < 4.78 is 5.06. The van der Waals surface area contributed by atoms with Gasteiger partial charge in [0.05, 0.1) is 12.6 Å². The molecule has 0 spiro atoms. The fourth-order valence-corrected chi connectivity index (χ4v) is 0.925. The van der Waals surface area contributed by atoms with Crippen LogP contribution in [0.15, 0.2) is 5.11 Å². The van der Waals surface area contributed by atoms with Gasteiger partial charge in [-0.05, 0) is 12.0 Å². The molecule has 0 unspecified atom stereocenters. The van der Waals surface area contributed by atoms with Gasteiger partial charge in [-0.1, -0.05) is 5.11 Å². The fraction of sp³-hybridized carbons (Fsp3) is 1.00. The molecule has 1 aliphatic heterocycles. The fourth-order valence-electron chi connectivity index (χ4n) is 0.925. The third kappa shape index (κ3) is 1.60. The van der Waals surface area contributed by atoms with E-state index in [0.29, 0.717) is 13.2 Å². The molecule has 1 saturated heterocycles. The van der Waals surface area contributed by atoms with Gasteiger partial charge in [0, 0.05) is 17.6 Å². The smallest absolute Gasteiger partial charge is 0.0759 e. The summed E-state index contributed by atoms with van der Waals surface area (Å²) in [5, 5.41) is 3.50. The average Bonchev–Trinajstić information content (AvgIpc) is 1.94. The van der Waals surface area contributed by atoms with E-state index in [0.717, 1.165) is 6.42 Å². The Balaban J connectivity index is 2.47. The summed E-state index contributed by atoms with van der Waals surface area (Å²) in [5.74, 6) is 0. The highest BCUT2D eigenvalue weighted by Gasteiger charge is 2.20. The Hall–Kier alpha value is -0.770. The van der Waals surface area contributed by atoms with E-state index in [4.69, 9.17) is 16.0 Å². The van der Waals surface area contributed by atoms with E-state index in [1.807, 2.05) is 0 Å². The summed E-state index contributed by atoms with van der Waals surface area (Å²) in [6, 6.07) is -0.191. The first kappa shape index (κ1) is 7.34. The van der Waals surface area contributed by atoms with Crippen LogP contribution in [0.5, 0.6) is 0 Å². The minimum absolute atomic E-state index is 0.0235. The molecule has 0 aromatic heterocycles. The van der Waals surface area contributed by atoms with Crippen molar-refractivity contribution in [1.29, 1.82) is 0 Å². The third-order valence-electron chi connectivity index (χ3n) is 1.58. The van der Waals surface area contributed by atoms with Crippen LogP contribution >= 0.6 is 0 Å². The normalized spacial score (nSPS) is 32.9. The van der Waals surface area contributed by atoms with E-state index < -0.39 is 0 Å². The van der Waals surface area contributed by atoms with Crippen LogP contribution in [0.2, 0.25) is 0 Å². The Morgan fingerprint density at radius 2 is 2.50 bits per heavy atom. The molecule has 0 aliphatic carbocycles. The van der Waals surface area contributed by atoms with Gasteiger partial charge >= 0.3 is 0 Å². The molecule has 10 heavy (non-hydrogen) atoms. The summed E-state index contributed by atoms with van der Waals surface area (Å²) in [4.78, 5) is 2.67. The highest BCUT2D eigenvalue weighted by molar-refractivity contribution is 4.82. The van der Waals surface area contributed by atoms with E-state index >= 15 is 0 Å². The van der Waals surface area contributed by atoms with Gasteiger partial charge in [0.25, 0.3) is 0 Å². The summed E-state index contributed by atoms with van der Waals surface area (Å²) in [6.07, 6.45) is 0.781. The van der Waals surface area contributed by atoms with E-state index in [9.17, 15) is 0 Å². The maximum Gasteiger partial charge on any atom is 0.0759 e. The lowest BCUT2D eigenvalue weighted by Crippen LogP contribution is -2.41. The molecule has 1 heterocycles. The quantitative estimate of drug-likeness (QED) is 0.326. The van der Waals surface area contributed by atoms with Crippen molar-refractivity contribution < 1.29 is 4.74 Å². The number of ether oxygens (including phenoxy) is 1. The number of hydrogen-bond donors (Lipinski definition) is 1. The summed E-state index contributed by atoms with van der Waals surface area (Å²) in [5.41, 5.74) is 13.7. The molecule has 0 radical (unpaired) electrons. The van der Waals surface area contributed by atoms with Crippen molar-refractivity contribution in [2.75, 3.05) is 13.2 Å². The van der Waals surface area contributed by atoms with Crippen molar-refractivity contribution in [3.8, 4) is 0 Å². The van der Waals surface area contributed by atoms with Crippen molar-refractivity contribution in [2.45, 2.75) is 18.5 Å². The first-order valence-electron chi connectivity index (χ1n) is 3.22. The van der Waals surface area contributed by atoms with Gasteiger partial charge in [0.15, 0.2) is 0 Å². The number of azide groups is 1. The van der Waals surface area contributed by atoms with Crippen LogP contribution in [0, 0.1) is 0 Å². The van der Waals surface area contributed by atoms with Crippen LogP contribution in [0.25, 0.3) is 10.4 Å². The molecule has 1 fully saturated rings. The van der Waals surface area contributed by atoms with Crippen LogP contribution in [-0.2, 0) is 4.74 Å². The van der Waals surface area contributed by atoms with Crippen LogP contribution in [0.4, 0.5) is 0 Å². The van der Waals surface area contributed by atoms with Crippen molar-refractivity contribution in [3.05, 3.63) is 10.4 Å². The standard InChI is InChI=1S/C5H10N4O/c6-4-1-2-10-3-5(4)8-9-7/h4-5H,1-3,6H2/t4-,5+/m1/s1. The molecule has 0 aromatic carbocycles. The zero-order valence-corrected chi connectivity index (χ0v) is 5.60. The zero-order valence-electron chi connectivity index (χ0n) is 5.60. The number of nitrogens with zero attached hydrogens (tertiary/aromatic N) is 3. The molecule has 5 heteroatoms. The van der Waals surface area contributed by atoms with Gasteiger partial charge in [-0.15, -0.1) is 0 Å². The average molecular weight is 142 g/mol. The van der Waals surface area contributed by atoms with Crippen LogP contribution in [0.3, 0.4) is 0 Å². The third-order valence-corrected chi connectivity index (χ3v) is 1.58. The number of nitrogens with two attached hydrogens (primary N) is 1.